The lowest BCUT2D eigenvalue weighted by molar-refractivity contribution is -0.119. The Balaban J connectivity index is 1.52. The predicted molar refractivity (Wildman–Crippen MR) is 113 cm³/mol. The Morgan fingerprint density at radius 2 is 1.57 bits per heavy atom. The van der Waals surface area contributed by atoms with E-state index in [1.54, 1.807) is 12.1 Å². The molecule has 3 rings (SSSR count). The van der Waals surface area contributed by atoms with Crippen LogP contribution in [-0.2, 0) is 11.2 Å². The van der Waals surface area contributed by atoms with Crippen molar-refractivity contribution in [2.45, 2.75) is 33.2 Å². The van der Waals surface area contributed by atoms with Crippen molar-refractivity contribution in [3.8, 4) is 0 Å². The number of halogens is 1. The molecule has 0 spiro atoms. The molecule has 1 saturated heterocycles. The first kappa shape index (κ1) is 20.3. The van der Waals surface area contributed by atoms with Crippen LogP contribution in [0.4, 0.5) is 15.8 Å². The topological polar surface area (TPSA) is 35.6 Å². The lowest BCUT2D eigenvalue weighted by Crippen LogP contribution is -2.48. The van der Waals surface area contributed by atoms with Crippen molar-refractivity contribution < 1.29 is 9.18 Å². The quantitative estimate of drug-likeness (QED) is 0.813. The van der Waals surface area contributed by atoms with Crippen LogP contribution >= 0.6 is 0 Å². The Kier molecular flexibility index (Phi) is 6.68. The van der Waals surface area contributed by atoms with Gasteiger partial charge in [-0.05, 0) is 62.2 Å². The van der Waals surface area contributed by atoms with E-state index in [9.17, 15) is 9.18 Å². The number of anilines is 2. The maximum atomic E-state index is 13.0. The zero-order valence-electron chi connectivity index (χ0n) is 17.0. The average molecular weight is 384 g/mol. The number of nitrogens with zero attached hydrogens (tertiary/aromatic N) is 2. The highest BCUT2D eigenvalue weighted by molar-refractivity contribution is 5.92. The van der Waals surface area contributed by atoms with Crippen molar-refractivity contribution in [3.05, 3.63) is 59.9 Å². The summed E-state index contributed by atoms with van der Waals surface area (Å²) in [5.74, 6) is -0.469. The second-order valence-corrected chi connectivity index (χ2v) is 7.88. The number of rotatable bonds is 6. The molecule has 1 fully saturated rings. The van der Waals surface area contributed by atoms with Crippen molar-refractivity contribution in [3.63, 3.8) is 0 Å². The van der Waals surface area contributed by atoms with E-state index in [-0.39, 0.29) is 17.6 Å². The van der Waals surface area contributed by atoms with Gasteiger partial charge in [-0.2, -0.15) is 0 Å². The summed E-state index contributed by atoms with van der Waals surface area (Å²) in [6.45, 7) is 10.6. The summed E-state index contributed by atoms with van der Waals surface area (Å²) < 4.78 is 13.0. The Hall–Kier alpha value is -2.40. The van der Waals surface area contributed by atoms with Gasteiger partial charge in [-0.25, -0.2) is 4.39 Å². The number of amides is 1. The van der Waals surface area contributed by atoms with E-state index in [1.807, 2.05) is 19.1 Å². The van der Waals surface area contributed by atoms with Gasteiger partial charge in [-0.3, -0.25) is 9.69 Å². The van der Waals surface area contributed by atoms with Gasteiger partial charge in [0, 0.05) is 49.5 Å². The molecule has 1 atom stereocenters. The van der Waals surface area contributed by atoms with Crippen LogP contribution in [0.2, 0.25) is 0 Å². The molecule has 1 N–H and O–H groups in total. The van der Waals surface area contributed by atoms with E-state index < -0.39 is 0 Å². The zero-order chi connectivity index (χ0) is 20.1. The summed E-state index contributed by atoms with van der Waals surface area (Å²) in [5, 5.41) is 2.99. The molecular formula is C23H30FN3O. The van der Waals surface area contributed by atoms with Gasteiger partial charge < -0.3 is 10.2 Å². The van der Waals surface area contributed by atoms with Gasteiger partial charge in [-0.1, -0.05) is 19.1 Å². The van der Waals surface area contributed by atoms with Crippen molar-refractivity contribution in [1.29, 1.82) is 0 Å². The monoisotopic (exact) mass is 383 g/mol. The minimum Gasteiger partial charge on any atom is -0.369 e. The summed E-state index contributed by atoms with van der Waals surface area (Å²) in [6, 6.07) is 15.0. The van der Waals surface area contributed by atoms with Gasteiger partial charge in [-0.15, -0.1) is 0 Å². The van der Waals surface area contributed by atoms with E-state index in [0.717, 1.165) is 37.4 Å². The SMILES string of the molecule is CC(Cc1ccc(F)cc1)C(=O)Nc1ccc(N2CCN(C(C)C)CC2)cc1. The van der Waals surface area contributed by atoms with E-state index in [0.29, 0.717) is 12.5 Å². The molecular weight excluding hydrogens is 353 g/mol. The summed E-state index contributed by atoms with van der Waals surface area (Å²) in [4.78, 5) is 17.4. The maximum Gasteiger partial charge on any atom is 0.227 e. The molecule has 2 aromatic carbocycles. The van der Waals surface area contributed by atoms with E-state index in [1.165, 1.54) is 17.8 Å². The van der Waals surface area contributed by atoms with Gasteiger partial charge in [0.15, 0.2) is 0 Å². The molecule has 150 valence electrons. The second-order valence-electron chi connectivity index (χ2n) is 7.88. The molecule has 28 heavy (non-hydrogen) atoms. The fourth-order valence-electron chi connectivity index (χ4n) is 3.58. The molecule has 1 aliphatic rings. The average Bonchev–Trinajstić information content (AvgIpc) is 2.70. The summed E-state index contributed by atoms with van der Waals surface area (Å²) in [5.41, 5.74) is 2.96. The molecule has 1 unspecified atom stereocenters. The normalized spacial score (nSPS) is 16.2. The van der Waals surface area contributed by atoms with E-state index >= 15 is 0 Å². The Labute approximate surface area is 167 Å². The molecule has 4 nitrogen and oxygen atoms in total. The van der Waals surface area contributed by atoms with Crippen LogP contribution < -0.4 is 10.2 Å². The summed E-state index contributed by atoms with van der Waals surface area (Å²) >= 11 is 0. The molecule has 0 aromatic heterocycles. The molecule has 0 saturated carbocycles. The number of carbonyl (C=O) groups is 1. The predicted octanol–water partition coefficient (Wildman–Crippen LogP) is 4.17. The molecule has 0 bridgehead atoms. The third-order valence-electron chi connectivity index (χ3n) is 5.45. The van der Waals surface area contributed by atoms with Crippen molar-refractivity contribution in [2.24, 2.45) is 5.92 Å². The lowest BCUT2D eigenvalue weighted by atomic mass is 10.0. The van der Waals surface area contributed by atoms with Gasteiger partial charge in [0.1, 0.15) is 5.82 Å². The second kappa shape index (κ2) is 9.20. The first-order valence-electron chi connectivity index (χ1n) is 10.1. The highest BCUT2D eigenvalue weighted by atomic mass is 19.1. The van der Waals surface area contributed by atoms with Gasteiger partial charge >= 0.3 is 0 Å². The smallest absolute Gasteiger partial charge is 0.227 e. The molecule has 1 aliphatic heterocycles. The van der Waals surface area contributed by atoms with Crippen LogP contribution in [0.3, 0.4) is 0 Å². The number of carbonyl (C=O) groups excluding carboxylic acids is 1. The molecule has 0 radical (unpaired) electrons. The van der Waals surface area contributed by atoms with E-state index in [4.69, 9.17) is 0 Å². The maximum absolute atomic E-state index is 13.0. The minimum atomic E-state index is -0.258. The van der Waals surface area contributed by atoms with Crippen molar-refractivity contribution in [1.82, 2.24) is 4.90 Å². The van der Waals surface area contributed by atoms with Gasteiger partial charge in [0.05, 0.1) is 0 Å². The third kappa shape index (κ3) is 5.32. The fraction of sp³-hybridized carbons (Fsp3) is 0.435. The molecule has 2 aromatic rings. The van der Waals surface area contributed by atoms with Crippen LogP contribution in [0, 0.1) is 11.7 Å². The molecule has 1 heterocycles. The van der Waals surface area contributed by atoms with Crippen molar-refractivity contribution in [2.75, 3.05) is 36.4 Å². The number of nitrogens with one attached hydrogen (secondary N) is 1. The van der Waals surface area contributed by atoms with Crippen molar-refractivity contribution >= 4 is 17.3 Å². The minimum absolute atomic E-state index is 0.0253. The van der Waals surface area contributed by atoms with Crippen LogP contribution in [0.5, 0.6) is 0 Å². The number of piperazine rings is 1. The van der Waals surface area contributed by atoms with E-state index in [2.05, 4.69) is 41.1 Å². The third-order valence-corrected chi connectivity index (χ3v) is 5.45. The number of hydrogen-bond donors (Lipinski definition) is 1. The highest BCUT2D eigenvalue weighted by Gasteiger charge is 2.19. The molecule has 0 aliphatic carbocycles. The Bertz CT molecular complexity index is 765. The highest BCUT2D eigenvalue weighted by Crippen LogP contribution is 2.21. The van der Waals surface area contributed by atoms with Gasteiger partial charge in [0.25, 0.3) is 0 Å². The lowest BCUT2D eigenvalue weighted by Gasteiger charge is -2.38. The number of benzene rings is 2. The zero-order valence-corrected chi connectivity index (χ0v) is 17.0. The van der Waals surface area contributed by atoms with Gasteiger partial charge in [0.2, 0.25) is 5.91 Å². The summed E-state index contributed by atoms with van der Waals surface area (Å²) in [6.07, 6.45) is 0.588. The van der Waals surface area contributed by atoms with Crippen LogP contribution in [0.25, 0.3) is 0 Å². The fourth-order valence-corrected chi connectivity index (χ4v) is 3.58. The molecule has 5 heteroatoms. The summed E-state index contributed by atoms with van der Waals surface area (Å²) in [7, 11) is 0. The van der Waals surface area contributed by atoms with Crippen LogP contribution in [-0.4, -0.2) is 43.0 Å². The standard InChI is InChI=1S/C23H30FN3O/c1-17(2)26-12-14-27(15-13-26)22-10-8-21(9-11-22)25-23(28)18(3)16-19-4-6-20(24)7-5-19/h4-11,17-18H,12-16H2,1-3H3,(H,25,28). The first-order chi connectivity index (χ1) is 13.4. The molecule has 1 amide bonds. The Morgan fingerprint density at radius 1 is 0.964 bits per heavy atom. The van der Waals surface area contributed by atoms with Crippen LogP contribution in [0.1, 0.15) is 26.3 Å². The first-order valence-corrected chi connectivity index (χ1v) is 10.1. The van der Waals surface area contributed by atoms with Crippen LogP contribution in [0.15, 0.2) is 48.5 Å². The number of hydrogen-bond acceptors (Lipinski definition) is 3. The Morgan fingerprint density at radius 3 is 2.14 bits per heavy atom. The largest absolute Gasteiger partial charge is 0.369 e.